The zero-order chi connectivity index (χ0) is 21.6. The van der Waals surface area contributed by atoms with Gasteiger partial charge in [0.2, 0.25) is 6.29 Å². The predicted molar refractivity (Wildman–Crippen MR) is 119 cm³/mol. The van der Waals surface area contributed by atoms with Gasteiger partial charge < -0.3 is 14.4 Å². The largest absolute Gasteiger partial charge is 0.491 e. The lowest BCUT2D eigenvalue weighted by atomic mass is 10.1. The average Bonchev–Trinajstić information content (AvgIpc) is 2.83. The molecule has 0 saturated carbocycles. The van der Waals surface area contributed by atoms with E-state index in [0.29, 0.717) is 12.2 Å². The van der Waals surface area contributed by atoms with Gasteiger partial charge in [-0.05, 0) is 36.4 Å². The molecular weight excluding hydrogens is 392 g/mol. The van der Waals surface area contributed by atoms with Crippen LogP contribution in [0.4, 0.5) is 5.69 Å². The summed E-state index contributed by atoms with van der Waals surface area (Å²) in [7, 11) is 3.97. The quantitative estimate of drug-likeness (QED) is 0.597. The minimum atomic E-state index is -0.706. The number of anilines is 1. The summed E-state index contributed by atoms with van der Waals surface area (Å²) in [4.78, 5) is 21.0. The number of hydroxylamine groups is 2. The summed E-state index contributed by atoms with van der Waals surface area (Å²) < 4.78 is 12.0. The molecule has 1 aliphatic heterocycles. The topological polar surface area (TPSA) is 51.2 Å². The summed E-state index contributed by atoms with van der Waals surface area (Å²) in [6, 6.07) is 26.5. The number of amides is 1. The van der Waals surface area contributed by atoms with E-state index in [-0.39, 0.29) is 18.6 Å². The minimum absolute atomic E-state index is 0.205. The first-order valence-electron chi connectivity index (χ1n) is 10.2. The summed E-state index contributed by atoms with van der Waals surface area (Å²) in [5.74, 6) is 0.550. The number of benzene rings is 3. The highest BCUT2D eigenvalue weighted by molar-refractivity contribution is 5.93. The molecule has 0 bridgehead atoms. The lowest BCUT2D eigenvalue weighted by Crippen LogP contribution is -2.47. The Balaban J connectivity index is 1.53. The van der Waals surface area contributed by atoms with Crippen LogP contribution >= 0.6 is 0 Å². The molecule has 1 amide bonds. The third kappa shape index (κ3) is 5.23. The van der Waals surface area contributed by atoms with Crippen molar-refractivity contribution in [2.75, 3.05) is 32.1 Å². The summed E-state index contributed by atoms with van der Waals surface area (Å²) in [6.45, 7) is 0.574. The summed E-state index contributed by atoms with van der Waals surface area (Å²) >= 11 is 0. The maximum absolute atomic E-state index is 13.0. The average molecular weight is 418 g/mol. The molecule has 0 spiro atoms. The molecule has 6 nitrogen and oxygen atoms in total. The standard InChI is InChI=1S/C25H26N2O4/c1-26(2)21-15-13-20(14-16-21)25-30-23(18-29-22-11-7-4-8-12-22)17-27(31-25)24(28)19-9-5-3-6-10-19/h3-16,23,25H,17-18H2,1-2H3/t23-,25-/m0/s1. The maximum Gasteiger partial charge on any atom is 0.277 e. The molecule has 0 aromatic heterocycles. The van der Waals surface area contributed by atoms with Crippen molar-refractivity contribution in [1.29, 1.82) is 0 Å². The third-order valence-corrected chi connectivity index (χ3v) is 5.02. The fourth-order valence-electron chi connectivity index (χ4n) is 3.31. The van der Waals surface area contributed by atoms with Crippen LogP contribution in [0, 0.1) is 0 Å². The van der Waals surface area contributed by atoms with Crippen molar-refractivity contribution in [1.82, 2.24) is 5.06 Å². The highest BCUT2D eigenvalue weighted by Crippen LogP contribution is 2.29. The molecule has 2 atom stereocenters. The number of ether oxygens (including phenoxy) is 2. The number of hydrogen-bond donors (Lipinski definition) is 0. The van der Waals surface area contributed by atoms with Gasteiger partial charge in [0.05, 0.1) is 6.54 Å². The van der Waals surface area contributed by atoms with Gasteiger partial charge >= 0.3 is 0 Å². The first-order valence-corrected chi connectivity index (χ1v) is 10.2. The van der Waals surface area contributed by atoms with Crippen molar-refractivity contribution in [3.8, 4) is 5.75 Å². The minimum Gasteiger partial charge on any atom is -0.491 e. The molecule has 1 fully saturated rings. The van der Waals surface area contributed by atoms with Gasteiger partial charge in [-0.2, -0.15) is 0 Å². The third-order valence-electron chi connectivity index (χ3n) is 5.02. The molecule has 160 valence electrons. The molecule has 4 rings (SSSR count). The molecular formula is C25H26N2O4. The van der Waals surface area contributed by atoms with Gasteiger partial charge in [-0.15, -0.1) is 0 Å². The van der Waals surface area contributed by atoms with Crippen LogP contribution in [0.25, 0.3) is 0 Å². The van der Waals surface area contributed by atoms with Crippen LogP contribution < -0.4 is 9.64 Å². The second-order valence-corrected chi connectivity index (χ2v) is 7.54. The summed E-state index contributed by atoms with van der Waals surface area (Å²) in [5, 5.41) is 1.38. The molecule has 0 unspecified atom stereocenters. The maximum atomic E-state index is 13.0. The second-order valence-electron chi connectivity index (χ2n) is 7.54. The number of carbonyl (C=O) groups is 1. The second kappa shape index (κ2) is 9.64. The van der Waals surface area contributed by atoms with E-state index in [1.165, 1.54) is 5.06 Å². The predicted octanol–water partition coefficient (Wildman–Crippen LogP) is 4.30. The fourth-order valence-corrected chi connectivity index (χ4v) is 3.31. The van der Waals surface area contributed by atoms with E-state index in [4.69, 9.17) is 14.3 Å². The van der Waals surface area contributed by atoms with Gasteiger partial charge in [0.1, 0.15) is 18.5 Å². The van der Waals surface area contributed by atoms with Crippen LogP contribution in [0.5, 0.6) is 5.75 Å². The van der Waals surface area contributed by atoms with E-state index in [2.05, 4.69) is 0 Å². The molecule has 1 saturated heterocycles. The normalized spacial score (nSPS) is 18.5. The first-order chi connectivity index (χ1) is 15.1. The highest BCUT2D eigenvalue weighted by Gasteiger charge is 2.33. The molecule has 31 heavy (non-hydrogen) atoms. The Morgan fingerprint density at radius 1 is 0.968 bits per heavy atom. The zero-order valence-corrected chi connectivity index (χ0v) is 17.7. The lowest BCUT2D eigenvalue weighted by Gasteiger charge is -2.37. The van der Waals surface area contributed by atoms with Crippen molar-refractivity contribution in [3.05, 3.63) is 96.1 Å². The number of hydrogen-bond acceptors (Lipinski definition) is 5. The van der Waals surface area contributed by atoms with Gasteiger partial charge in [0, 0.05) is 30.9 Å². The van der Waals surface area contributed by atoms with E-state index < -0.39 is 6.29 Å². The smallest absolute Gasteiger partial charge is 0.277 e. The molecule has 1 aliphatic rings. The molecule has 3 aromatic carbocycles. The number of carbonyl (C=O) groups excluding carboxylic acids is 1. The first kappa shape index (κ1) is 20.9. The monoisotopic (exact) mass is 418 g/mol. The number of rotatable bonds is 6. The molecule has 3 aromatic rings. The Bertz CT molecular complexity index is 977. The highest BCUT2D eigenvalue weighted by atomic mass is 16.8. The Labute approximate surface area is 182 Å². The van der Waals surface area contributed by atoms with Crippen LogP contribution in [-0.2, 0) is 9.57 Å². The summed E-state index contributed by atoms with van der Waals surface area (Å²) in [6.07, 6.45) is -1.05. The number of nitrogens with zero attached hydrogens (tertiary/aromatic N) is 2. The zero-order valence-electron chi connectivity index (χ0n) is 17.7. The van der Waals surface area contributed by atoms with Crippen molar-refractivity contribution in [3.63, 3.8) is 0 Å². The molecule has 6 heteroatoms. The van der Waals surface area contributed by atoms with Gasteiger partial charge in [0.15, 0.2) is 0 Å². The number of para-hydroxylation sites is 1. The Morgan fingerprint density at radius 2 is 1.61 bits per heavy atom. The van der Waals surface area contributed by atoms with E-state index >= 15 is 0 Å². The van der Waals surface area contributed by atoms with Crippen molar-refractivity contribution in [2.45, 2.75) is 12.4 Å². The fraction of sp³-hybridized carbons (Fsp3) is 0.240. The van der Waals surface area contributed by atoms with Crippen LogP contribution in [0.3, 0.4) is 0 Å². The van der Waals surface area contributed by atoms with Gasteiger partial charge in [-0.3, -0.25) is 4.79 Å². The van der Waals surface area contributed by atoms with E-state index in [0.717, 1.165) is 17.0 Å². The van der Waals surface area contributed by atoms with E-state index in [1.54, 1.807) is 12.1 Å². The molecule has 0 aliphatic carbocycles. The van der Waals surface area contributed by atoms with Crippen LogP contribution in [0.1, 0.15) is 22.2 Å². The SMILES string of the molecule is CN(C)c1ccc([C@H]2O[C@H](COc3ccccc3)CN(C(=O)c3ccccc3)O2)cc1. The van der Waals surface area contributed by atoms with E-state index in [9.17, 15) is 4.79 Å². The van der Waals surface area contributed by atoms with Crippen LogP contribution in [0.15, 0.2) is 84.9 Å². The van der Waals surface area contributed by atoms with Crippen LogP contribution in [-0.4, -0.2) is 44.3 Å². The Morgan fingerprint density at radius 3 is 2.26 bits per heavy atom. The molecule has 0 radical (unpaired) electrons. The van der Waals surface area contributed by atoms with Gasteiger partial charge in [-0.1, -0.05) is 48.5 Å². The van der Waals surface area contributed by atoms with Crippen molar-refractivity contribution < 1.29 is 19.1 Å². The van der Waals surface area contributed by atoms with Gasteiger partial charge in [0.25, 0.3) is 5.91 Å². The van der Waals surface area contributed by atoms with Crippen molar-refractivity contribution >= 4 is 11.6 Å². The van der Waals surface area contributed by atoms with Crippen LogP contribution in [0.2, 0.25) is 0 Å². The van der Waals surface area contributed by atoms with Crippen molar-refractivity contribution in [2.24, 2.45) is 0 Å². The van der Waals surface area contributed by atoms with Gasteiger partial charge in [-0.25, -0.2) is 9.90 Å². The lowest BCUT2D eigenvalue weighted by molar-refractivity contribution is -0.325. The Kier molecular flexibility index (Phi) is 6.50. The van der Waals surface area contributed by atoms with E-state index in [1.807, 2.05) is 91.8 Å². The molecule has 0 N–H and O–H groups in total. The Hall–Kier alpha value is -3.35. The summed E-state index contributed by atoms with van der Waals surface area (Å²) in [5.41, 5.74) is 2.47. The molecule has 1 heterocycles.